The number of alkyl halides is 4. The molecule has 0 amide bonds. The van der Waals surface area contributed by atoms with Gasteiger partial charge in [0.2, 0.25) is 5.67 Å². The van der Waals surface area contributed by atoms with E-state index < -0.39 is 49.8 Å². The molecule has 0 radical (unpaired) electrons. The number of hydrogen-bond acceptors (Lipinski definition) is 3. The lowest BCUT2D eigenvalue weighted by atomic mass is 9.74. The smallest absolute Gasteiger partial charge is 0.327 e. The monoisotopic (exact) mass is 459 g/mol. The molecule has 2 aromatic rings. The highest BCUT2D eigenvalue weighted by atomic mass is 32.2. The zero-order valence-electron chi connectivity index (χ0n) is 16.7. The van der Waals surface area contributed by atoms with Crippen molar-refractivity contribution in [3.63, 3.8) is 0 Å². The molecule has 2 aliphatic rings. The van der Waals surface area contributed by atoms with Crippen LogP contribution in [0, 0.1) is 11.7 Å². The Kier molecular flexibility index (Phi) is 5.01. The Balaban J connectivity index is 1.91. The molecule has 0 spiro atoms. The fourth-order valence-corrected chi connectivity index (χ4v) is 7.66. The lowest BCUT2D eigenvalue weighted by Gasteiger charge is -2.42. The van der Waals surface area contributed by atoms with Crippen LogP contribution in [0.1, 0.15) is 42.9 Å². The minimum Gasteiger partial charge on any atom is -0.327 e. The first-order valence-electron chi connectivity index (χ1n) is 9.97. The van der Waals surface area contributed by atoms with Crippen molar-refractivity contribution in [2.24, 2.45) is 11.7 Å². The SMILES string of the molecule is CC(F)(c1ccc2c(c1)CC[C@@H]1[C@@H](N)CC[C@]21S(=O)(=O)c1ccc(F)cc1)C(F)(F)F. The summed E-state index contributed by atoms with van der Waals surface area (Å²) in [6.45, 7) is 0.455. The predicted molar refractivity (Wildman–Crippen MR) is 105 cm³/mol. The number of nitrogens with two attached hydrogens (primary N) is 1. The third-order valence-electron chi connectivity index (χ3n) is 6.93. The van der Waals surface area contributed by atoms with Gasteiger partial charge < -0.3 is 5.73 Å². The van der Waals surface area contributed by atoms with Gasteiger partial charge in [0.1, 0.15) is 10.6 Å². The second-order valence-corrected chi connectivity index (χ2v) is 10.8. The summed E-state index contributed by atoms with van der Waals surface area (Å²) in [7, 11) is -4.06. The molecular formula is C22H22F5NO2S. The van der Waals surface area contributed by atoms with E-state index >= 15 is 0 Å². The highest BCUT2D eigenvalue weighted by Crippen LogP contribution is 2.57. The summed E-state index contributed by atoms with van der Waals surface area (Å²) in [6, 6.07) is 7.53. The lowest BCUT2D eigenvalue weighted by molar-refractivity contribution is -0.228. The fraction of sp³-hybridized carbons (Fsp3) is 0.455. The van der Waals surface area contributed by atoms with Gasteiger partial charge in [-0.3, -0.25) is 0 Å². The van der Waals surface area contributed by atoms with E-state index in [0.717, 1.165) is 24.3 Å². The van der Waals surface area contributed by atoms with E-state index in [9.17, 15) is 30.4 Å². The van der Waals surface area contributed by atoms with E-state index in [-0.39, 0.29) is 11.3 Å². The molecule has 168 valence electrons. The van der Waals surface area contributed by atoms with Crippen molar-refractivity contribution < 1.29 is 30.4 Å². The van der Waals surface area contributed by atoms with Crippen molar-refractivity contribution >= 4 is 9.84 Å². The summed E-state index contributed by atoms with van der Waals surface area (Å²) in [5.74, 6) is -1.03. The van der Waals surface area contributed by atoms with Crippen LogP contribution in [-0.2, 0) is 26.7 Å². The Morgan fingerprint density at radius 1 is 1.03 bits per heavy atom. The van der Waals surface area contributed by atoms with Crippen LogP contribution in [0.4, 0.5) is 22.0 Å². The molecular weight excluding hydrogens is 437 g/mol. The zero-order valence-corrected chi connectivity index (χ0v) is 17.5. The molecule has 0 saturated heterocycles. The summed E-state index contributed by atoms with van der Waals surface area (Å²) >= 11 is 0. The molecule has 1 unspecified atom stereocenters. The molecule has 0 aromatic heterocycles. The van der Waals surface area contributed by atoms with Gasteiger partial charge in [0.05, 0.1) is 4.90 Å². The molecule has 2 N–H and O–H groups in total. The Hall–Kier alpha value is -2.00. The maximum atomic E-state index is 14.6. The third kappa shape index (κ3) is 3.11. The van der Waals surface area contributed by atoms with Crippen molar-refractivity contribution in [3.05, 3.63) is 65.0 Å². The largest absolute Gasteiger partial charge is 0.426 e. The van der Waals surface area contributed by atoms with E-state index in [4.69, 9.17) is 5.73 Å². The molecule has 1 fully saturated rings. The average Bonchev–Trinajstić information content (AvgIpc) is 3.05. The van der Waals surface area contributed by atoms with E-state index in [0.29, 0.717) is 37.3 Å². The van der Waals surface area contributed by atoms with Gasteiger partial charge in [0.25, 0.3) is 0 Å². The minimum atomic E-state index is -5.11. The Morgan fingerprint density at radius 2 is 1.68 bits per heavy atom. The zero-order chi connectivity index (χ0) is 22.8. The molecule has 9 heteroatoms. The van der Waals surface area contributed by atoms with Crippen LogP contribution >= 0.6 is 0 Å². The van der Waals surface area contributed by atoms with Gasteiger partial charge in [0.15, 0.2) is 9.84 Å². The molecule has 4 atom stereocenters. The molecule has 4 rings (SSSR count). The highest BCUT2D eigenvalue weighted by Gasteiger charge is 2.60. The summed E-state index contributed by atoms with van der Waals surface area (Å²) in [4.78, 5) is -0.0736. The van der Waals surface area contributed by atoms with Crippen molar-refractivity contribution in [1.29, 1.82) is 0 Å². The topological polar surface area (TPSA) is 60.2 Å². The minimum absolute atomic E-state index is 0.0736. The first-order chi connectivity index (χ1) is 14.3. The normalized spacial score (nSPS) is 28.0. The number of sulfone groups is 1. The lowest BCUT2D eigenvalue weighted by Crippen LogP contribution is -2.47. The quantitative estimate of drug-likeness (QED) is 0.523. The van der Waals surface area contributed by atoms with Crippen molar-refractivity contribution in [2.45, 2.75) is 60.1 Å². The van der Waals surface area contributed by atoms with Gasteiger partial charge >= 0.3 is 6.18 Å². The van der Waals surface area contributed by atoms with Crippen LogP contribution < -0.4 is 5.73 Å². The van der Waals surface area contributed by atoms with E-state index in [1.54, 1.807) is 0 Å². The summed E-state index contributed by atoms with van der Waals surface area (Å²) in [5, 5.41) is 0. The summed E-state index contributed by atoms with van der Waals surface area (Å²) in [5.41, 5.74) is 2.87. The van der Waals surface area contributed by atoms with Gasteiger partial charge in [-0.15, -0.1) is 0 Å². The Morgan fingerprint density at radius 3 is 2.29 bits per heavy atom. The van der Waals surface area contributed by atoms with Gasteiger partial charge in [-0.2, -0.15) is 13.2 Å². The van der Waals surface area contributed by atoms with E-state index in [2.05, 4.69) is 0 Å². The van der Waals surface area contributed by atoms with E-state index in [1.807, 2.05) is 0 Å². The van der Waals surface area contributed by atoms with Gasteiger partial charge in [0, 0.05) is 6.04 Å². The highest BCUT2D eigenvalue weighted by molar-refractivity contribution is 7.92. The fourth-order valence-electron chi connectivity index (χ4n) is 5.18. The van der Waals surface area contributed by atoms with E-state index in [1.165, 1.54) is 18.2 Å². The Bertz CT molecular complexity index is 1110. The summed E-state index contributed by atoms with van der Waals surface area (Å²) < 4.78 is 93.8. The molecule has 0 bridgehead atoms. The maximum absolute atomic E-state index is 14.6. The molecule has 2 aromatic carbocycles. The van der Waals surface area contributed by atoms with Crippen LogP contribution in [0.15, 0.2) is 47.4 Å². The molecule has 1 saturated carbocycles. The number of fused-ring (bicyclic) bond motifs is 3. The molecule has 3 nitrogen and oxygen atoms in total. The van der Waals surface area contributed by atoms with Crippen LogP contribution in [0.25, 0.3) is 0 Å². The molecule has 2 aliphatic carbocycles. The summed E-state index contributed by atoms with van der Waals surface area (Å²) in [6.07, 6.45) is -3.83. The molecule has 0 aliphatic heterocycles. The standard InChI is InChI=1S/C22H22F5NO2S/c1-20(24,22(25,26)27)14-3-9-17-13(12-14)2-8-18-19(28)10-11-21(17,18)31(29,30)16-6-4-15(23)5-7-16/h3-7,9,12,18-19H,2,8,10-11,28H2,1H3/t18-,19+,20?,21+/m1/s1. The average molecular weight is 459 g/mol. The van der Waals surface area contributed by atoms with Gasteiger partial charge in [-0.25, -0.2) is 17.2 Å². The van der Waals surface area contributed by atoms with Crippen molar-refractivity contribution in [2.75, 3.05) is 0 Å². The number of rotatable bonds is 3. The second-order valence-electron chi connectivity index (χ2n) is 8.57. The van der Waals surface area contributed by atoms with Crippen LogP contribution in [-0.4, -0.2) is 20.6 Å². The number of benzene rings is 2. The molecule has 0 heterocycles. The van der Waals surface area contributed by atoms with Crippen molar-refractivity contribution in [1.82, 2.24) is 0 Å². The first-order valence-corrected chi connectivity index (χ1v) is 11.5. The van der Waals surface area contributed by atoms with Gasteiger partial charge in [-0.1, -0.05) is 18.2 Å². The molecule has 31 heavy (non-hydrogen) atoms. The number of aryl methyl sites for hydroxylation is 1. The Labute approximate surface area is 177 Å². The predicted octanol–water partition coefficient (Wildman–Crippen LogP) is 4.93. The number of halogens is 5. The first kappa shape index (κ1) is 22.2. The second kappa shape index (κ2) is 7.00. The van der Waals surface area contributed by atoms with Crippen LogP contribution in [0.3, 0.4) is 0 Å². The van der Waals surface area contributed by atoms with Crippen LogP contribution in [0.5, 0.6) is 0 Å². The van der Waals surface area contributed by atoms with Crippen molar-refractivity contribution in [3.8, 4) is 0 Å². The third-order valence-corrected chi connectivity index (χ3v) is 9.51. The number of hydrogen-bond donors (Lipinski definition) is 1. The maximum Gasteiger partial charge on any atom is 0.426 e. The van der Waals surface area contributed by atoms with Gasteiger partial charge in [-0.05, 0) is 79.5 Å². The van der Waals surface area contributed by atoms with Crippen LogP contribution in [0.2, 0.25) is 0 Å².